The summed E-state index contributed by atoms with van der Waals surface area (Å²) in [7, 11) is -0.957. The Kier molecular flexibility index (Phi) is 20.9. The van der Waals surface area contributed by atoms with E-state index in [1.165, 1.54) is 14.2 Å². The maximum absolute atomic E-state index is 12.6. The van der Waals surface area contributed by atoms with Crippen LogP contribution in [-0.4, -0.2) is 147 Å². The van der Waals surface area contributed by atoms with Gasteiger partial charge in [0.05, 0.1) is 76.5 Å². The number of benzene rings is 3. The molecule has 6 aromatic heterocycles. The van der Waals surface area contributed by atoms with Crippen molar-refractivity contribution in [2.24, 2.45) is 0 Å². The quantitative estimate of drug-likeness (QED) is 0.0657. The number of nitrogens with one attached hydrogen (secondary N) is 2. The lowest BCUT2D eigenvalue weighted by Crippen LogP contribution is -2.31. The highest BCUT2D eigenvalue weighted by atomic mass is 35.7. The fourth-order valence-electron chi connectivity index (χ4n) is 9.84. The molecule has 31 heteroatoms. The first-order valence-electron chi connectivity index (χ1n) is 27.3. The number of nitrogens with two attached hydrogens (primary N) is 1. The molecule has 3 aromatic carbocycles. The van der Waals surface area contributed by atoms with E-state index in [-0.39, 0.29) is 47.2 Å². The first kappa shape index (κ1) is 62.1. The van der Waals surface area contributed by atoms with Gasteiger partial charge in [-0.2, -0.15) is 15.3 Å². The van der Waals surface area contributed by atoms with E-state index in [1.807, 2.05) is 65.7 Å². The molecule has 4 N–H and O–H groups in total. The van der Waals surface area contributed by atoms with E-state index in [0.717, 1.165) is 74.5 Å². The molecule has 12 rings (SSSR count). The van der Waals surface area contributed by atoms with Crippen LogP contribution in [0.15, 0.2) is 105 Å². The van der Waals surface area contributed by atoms with E-state index < -0.39 is 29.1 Å². The standard InChI is InChI=1S/2C18H22N4O5S.C12H12N4O2.C6H11ClO3S/c2*1-25-15-9-13(11-22-7-4-6-19-22)10-16-17(15)18(20-27-16)21-28(23,24)12-14-5-2-3-8-26-14;1-17-9-5-8(7-16-4-2-3-14-16)6-10-11(9)12(13)15-18-10;7-11(8,9)5-6-3-1-2-4-10-6/h2*4,6-7,9-10,14H,2-3,5,8,11-12H2,1H3,(H,20,21);2-6H,7H2,1H3,(H2,13,15);6H,1-5H2. The topological polar surface area (TPSA) is 339 Å². The van der Waals surface area contributed by atoms with Crippen LogP contribution in [0.2, 0.25) is 0 Å². The van der Waals surface area contributed by atoms with Crippen molar-refractivity contribution in [1.29, 1.82) is 0 Å². The molecule has 85 heavy (non-hydrogen) atoms. The Balaban J connectivity index is 0.000000143. The molecule has 3 aliphatic rings. The molecule has 9 heterocycles. The second-order valence-corrected chi connectivity index (χ2v) is 26.5. The van der Waals surface area contributed by atoms with Gasteiger partial charge in [-0.1, -0.05) is 15.5 Å². The molecule has 0 spiro atoms. The zero-order valence-electron chi connectivity index (χ0n) is 46.9. The van der Waals surface area contributed by atoms with E-state index in [1.54, 1.807) is 47.2 Å². The van der Waals surface area contributed by atoms with E-state index in [2.05, 4.69) is 40.2 Å². The van der Waals surface area contributed by atoms with Gasteiger partial charge in [0.1, 0.15) is 33.4 Å². The van der Waals surface area contributed by atoms with E-state index in [0.29, 0.717) is 95.4 Å². The highest BCUT2D eigenvalue weighted by Gasteiger charge is 2.28. The molecule has 9 aromatic rings. The van der Waals surface area contributed by atoms with Gasteiger partial charge in [0, 0.05) is 67.7 Å². The summed E-state index contributed by atoms with van der Waals surface area (Å²) in [5.74, 6) is 1.93. The van der Waals surface area contributed by atoms with Crippen molar-refractivity contribution >= 4 is 90.1 Å². The summed E-state index contributed by atoms with van der Waals surface area (Å²) in [6, 6.07) is 16.6. The highest BCUT2D eigenvalue weighted by molar-refractivity contribution is 8.13. The zero-order valence-corrected chi connectivity index (χ0v) is 50.2. The Hall–Kier alpha value is -7.48. The first-order chi connectivity index (χ1) is 40.9. The van der Waals surface area contributed by atoms with Crippen LogP contribution >= 0.6 is 10.7 Å². The number of nitrogens with zero attached hydrogens (tertiary/aromatic N) is 9. The summed E-state index contributed by atoms with van der Waals surface area (Å²) in [6.07, 6.45) is 18.2. The van der Waals surface area contributed by atoms with Gasteiger partial charge in [0.15, 0.2) is 34.2 Å². The van der Waals surface area contributed by atoms with Crippen molar-refractivity contribution in [3.05, 3.63) is 108 Å². The highest BCUT2D eigenvalue weighted by Crippen LogP contribution is 2.37. The van der Waals surface area contributed by atoms with Crippen LogP contribution in [0.25, 0.3) is 32.9 Å². The smallest absolute Gasteiger partial charge is 0.236 e. The van der Waals surface area contributed by atoms with Gasteiger partial charge in [-0.05, 0) is 129 Å². The molecule has 3 aliphatic heterocycles. The molecular weight excluding hydrogens is 1190 g/mol. The van der Waals surface area contributed by atoms with Crippen molar-refractivity contribution in [2.75, 3.05) is 73.6 Å². The molecule has 3 unspecified atom stereocenters. The minimum Gasteiger partial charge on any atom is -0.496 e. The second-order valence-electron chi connectivity index (χ2n) is 20.2. The fourth-order valence-corrected chi connectivity index (χ4v) is 13.5. The molecule has 0 radical (unpaired) electrons. The van der Waals surface area contributed by atoms with Crippen LogP contribution < -0.4 is 29.4 Å². The predicted octanol–water partition coefficient (Wildman–Crippen LogP) is 7.57. The van der Waals surface area contributed by atoms with Crippen LogP contribution in [0, 0.1) is 0 Å². The van der Waals surface area contributed by atoms with Crippen LogP contribution in [0.5, 0.6) is 17.2 Å². The maximum Gasteiger partial charge on any atom is 0.236 e. The van der Waals surface area contributed by atoms with Crippen LogP contribution in [0.4, 0.5) is 17.5 Å². The van der Waals surface area contributed by atoms with Gasteiger partial charge in [-0.15, -0.1) is 0 Å². The summed E-state index contributed by atoms with van der Waals surface area (Å²) in [5, 5.41) is 25.8. The molecule has 0 bridgehead atoms. The van der Waals surface area contributed by atoms with Gasteiger partial charge in [-0.3, -0.25) is 23.5 Å². The Morgan fingerprint density at radius 2 is 0.871 bits per heavy atom. The number of rotatable bonds is 19. The first-order valence-corrected chi connectivity index (χ1v) is 33.1. The third kappa shape index (κ3) is 17.6. The number of aromatic nitrogens is 9. The lowest BCUT2D eigenvalue weighted by atomic mass is 10.1. The number of hydrogen-bond acceptors (Lipinski definition) is 22. The molecule has 0 amide bonds. The summed E-state index contributed by atoms with van der Waals surface area (Å²) in [5.41, 5.74) is 10.0. The molecule has 0 saturated carbocycles. The summed E-state index contributed by atoms with van der Waals surface area (Å²) >= 11 is 0. The lowest BCUT2D eigenvalue weighted by molar-refractivity contribution is 0.0304. The van der Waals surface area contributed by atoms with Crippen molar-refractivity contribution in [2.45, 2.75) is 95.7 Å². The van der Waals surface area contributed by atoms with Gasteiger partial charge < -0.3 is 47.7 Å². The normalized spacial score (nSPS) is 17.4. The number of halogens is 1. The molecule has 3 fully saturated rings. The summed E-state index contributed by atoms with van der Waals surface area (Å²) < 4.78 is 130. The van der Waals surface area contributed by atoms with Gasteiger partial charge in [0.25, 0.3) is 0 Å². The Morgan fingerprint density at radius 1 is 0.518 bits per heavy atom. The summed E-state index contributed by atoms with van der Waals surface area (Å²) in [4.78, 5) is 0. The number of sulfonamides is 2. The molecule has 3 saturated heterocycles. The van der Waals surface area contributed by atoms with Crippen molar-refractivity contribution in [3.63, 3.8) is 0 Å². The van der Waals surface area contributed by atoms with E-state index in [9.17, 15) is 25.3 Å². The molecule has 458 valence electrons. The molecule has 3 atom stereocenters. The third-order valence-corrected chi connectivity index (χ3v) is 17.5. The zero-order chi connectivity index (χ0) is 60.0. The molecular formula is C54H67ClN12O15S3. The number of anilines is 3. The largest absolute Gasteiger partial charge is 0.496 e. The van der Waals surface area contributed by atoms with E-state index >= 15 is 0 Å². The van der Waals surface area contributed by atoms with Gasteiger partial charge in [-0.25, -0.2) is 25.3 Å². The van der Waals surface area contributed by atoms with Crippen LogP contribution in [-0.2, 0) is 62.9 Å². The third-order valence-electron chi connectivity index (χ3n) is 13.7. The Morgan fingerprint density at radius 3 is 1.20 bits per heavy atom. The lowest BCUT2D eigenvalue weighted by Gasteiger charge is -2.22. The number of ether oxygens (including phenoxy) is 6. The summed E-state index contributed by atoms with van der Waals surface area (Å²) in [6.45, 7) is 3.55. The van der Waals surface area contributed by atoms with Crippen LogP contribution in [0.1, 0.15) is 74.5 Å². The van der Waals surface area contributed by atoms with Crippen LogP contribution in [0.3, 0.4) is 0 Å². The Bertz CT molecular complexity index is 3750. The average Bonchev–Trinajstić information content (AvgIpc) is 3.44. The Labute approximate surface area is 494 Å². The number of fused-ring (bicyclic) bond motifs is 3. The minimum atomic E-state index is -3.64. The minimum absolute atomic E-state index is 0.0471. The second kappa shape index (κ2) is 28.6. The predicted molar refractivity (Wildman–Crippen MR) is 315 cm³/mol. The SMILES string of the molecule is COc1cc(Cn2cccn2)cc2onc(N)c12.COc1cc(Cn2cccn2)cc2onc(NS(=O)(=O)CC3CCCCO3)c12.COc1cc(Cn2cccn2)cc2onc(NS(=O)(=O)CC3CCCCO3)c12.O=S(=O)(Cl)CC1CCCCO1. The van der Waals surface area contributed by atoms with Crippen molar-refractivity contribution in [1.82, 2.24) is 44.8 Å². The monoisotopic (exact) mass is 1250 g/mol. The van der Waals surface area contributed by atoms with Crippen molar-refractivity contribution in [3.8, 4) is 17.2 Å². The van der Waals surface area contributed by atoms with Gasteiger partial charge in [0.2, 0.25) is 29.1 Å². The number of nitrogen functional groups attached to an aromatic ring is 1. The van der Waals surface area contributed by atoms with Gasteiger partial charge >= 0.3 is 0 Å². The van der Waals surface area contributed by atoms with Crippen molar-refractivity contribution < 1.29 is 67.2 Å². The average molecular weight is 1260 g/mol. The fraction of sp³-hybridized carbons (Fsp3) is 0.444. The molecule has 0 aliphatic carbocycles. The number of hydrogen-bond donors (Lipinski definition) is 3. The van der Waals surface area contributed by atoms with E-state index in [4.69, 9.17) is 58.4 Å². The number of methoxy groups -OCH3 is 3. The maximum atomic E-state index is 12.6. The molecule has 27 nitrogen and oxygen atoms in total.